The Morgan fingerprint density at radius 1 is 1.12 bits per heavy atom. The van der Waals surface area contributed by atoms with Crippen LogP contribution in [0.2, 0.25) is 0 Å². The Morgan fingerprint density at radius 3 is 1.88 bits per heavy atom. The van der Waals surface area contributed by atoms with Crippen LogP contribution in [0.4, 0.5) is 0 Å². The smallest absolute Gasteiger partial charge is 0.261 e. The van der Waals surface area contributed by atoms with Gasteiger partial charge >= 0.3 is 0 Å². The highest BCUT2D eigenvalue weighted by Gasteiger charge is 2.26. The van der Waals surface area contributed by atoms with Gasteiger partial charge in [0.2, 0.25) is 0 Å². The molecule has 0 bridgehead atoms. The lowest BCUT2D eigenvalue weighted by Crippen LogP contribution is -2.51. The van der Waals surface area contributed by atoms with Crippen molar-refractivity contribution in [1.29, 1.82) is 0 Å². The molecule has 0 radical (unpaired) electrons. The topological polar surface area (TPSA) is 54.4 Å². The second-order valence-corrected chi connectivity index (χ2v) is 6.09. The van der Waals surface area contributed by atoms with Crippen molar-refractivity contribution in [2.24, 2.45) is 0 Å². The molecule has 5 heteroatoms. The molecule has 0 atom stereocenters. The van der Waals surface area contributed by atoms with E-state index >= 15 is 0 Å². The van der Waals surface area contributed by atoms with E-state index in [-0.39, 0.29) is 0 Å². The van der Waals surface area contributed by atoms with Gasteiger partial charge < -0.3 is 4.48 Å². The molecule has 0 aliphatic carbocycles. The van der Waals surface area contributed by atoms with E-state index in [1.165, 1.54) is 56.3 Å². The molecule has 1 aliphatic rings. The molecule has 1 aliphatic heterocycles. The van der Waals surface area contributed by atoms with Crippen molar-refractivity contribution in [2.45, 2.75) is 39.5 Å². The Kier molecular flexibility index (Phi) is 7.19. The second-order valence-electron chi connectivity index (χ2n) is 4.62. The van der Waals surface area contributed by atoms with Crippen LogP contribution >= 0.6 is 0 Å². The van der Waals surface area contributed by atoms with Crippen molar-refractivity contribution in [3.8, 4) is 0 Å². The van der Waals surface area contributed by atoms with E-state index in [9.17, 15) is 8.42 Å². The SMILES string of the molecule is CCC[N+]1(CC)CCCCC1.CS(=O)(=O)O. The predicted molar refractivity (Wildman–Crippen MR) is 67.0 cm³/mol. The minimum absolute atomic E-state index is 0.715. The second kappa shape index (κ2) is 7.25. The molecule has 1 heterocycles. The van der Waals surface area contributed by atoms with Crippen molar-refractivity contribution in [3.63, 3.8) is 0 Å². The average molecular weight is 252 g/mol. The van der Waals surface area contributed by atoms with Gasteiger partial charge in [0.1, 0.15) is 0 Å². The molecular formula is C11H26NO3S+. The highest BCUT2D eigenvalue weighted by Crippen LogP contribution is 2.18. The molecule has 1 fully saturated rings. The zero-order valence-corrected chi connectivity index (χ0v) is 11.6. The third-order valence-electron chi connectivity index (χ3n) is 3.13. The normalized spacial score (nSPS) is 19.8. The lowest BCUT2D eigenvalue weighted by atomic mass is 10.1. The van der Waals surface area contributed by atoms with Gasteiger partial charge in [-0.2, -0.15) is 8.42 Å². The fourth-order valence-electron chi connectivity index (χ4n) is 2.36. The molecule has 0 saturated carbocycles. The number of hydrogen-bond donors (Lipinski definition) is 1. The van der Waals surface area contributed by atoms with E-state index in [2.05, 4.69) is 13.8 Å². The molecule has 0 amide bonds. The van der Waals surface area contributed by atoms with Gasteiger partial charge in [-0.3, -0.25) is 4.55 Å². The summed E-state index contributed by atoms with van der Waals surface area (Å²) in [7, 11) is -3.67. The molecule has 0 aromatic rings. The maximum atomic E-state index is 9.19. The predicted octanol–water partition coefficient (Wildman–Crippen LogP) is 1.92. The Bertz CT molecular complexity index is 255. The summed E-state index contributed by atoms with van der Waals surface area (Å²) in [4.78, 5) is 0. The fourth-order valence-corrected chi connectivity index (χ4v) is 2.36. The van der Waals surface area contributed by atoms with Crippen molar-refractivity contribution in [1.82, 2.24) is 0 Å². The third kappa shape index (κ3) is 8.07. The first kappa shape index (κ1) is 15.9. The van der Waals surface area contributed by atoms with Crippen molar-refractivity contribution in [3.05, 3.63) is 0 Å². The first-order valence-electron chi connectivity index (χ1n) is 6.10. The lowest BCUT2D eigenvalue weighted by molar-refractivity contribution is -0.930. The first-order valence-corrected chi connectivity index (χ1v) is 7.95. The highest BCUT2D eigenvalue weighted by atomic mass is 32.2. The Balaban J connectivity index is 0.000000385. The van der Waals surface area contributed by atoms with Crippen molar-refractivity contribution >= 4 is 10.1 Å². The largest absolute Gasteiger partial charge is 0.324 e. The standard InChI is InChI=1S/C10H22N.CH4O3S/c1-3-8-11(4-2)9-6-5-7-10-11;1-5(2,3)4/h3-10H2,1-2H3;1H3,(H,2,3,4)/q+1;. The number of hydrogen-bond acceptors (Lipinski definition) is 2. The summed E-state index contributed by atoms with van der Waals surface area (Å²) in [6.07, 6.45) is 6.48. The van der Waals surface area contributed by atoms with E-state index in [1.54, 1.807) is 0 Å². The lowest BCUT2D eigenvalue weighted by Gasteiger charge is -2.40. The molecule has 0 aromatic heterocycles. The van der Waals surface area contributed by atoms with E-state index in [1.807, 2.05) is 0 Å². The van der Waals surface area contributed by atoms with Gasteiger partial charge in [0.15, 0.2) is 0 Å². The quantitative estimate of drug-likeness (QED) is 0.617. The van der Waals surface area contributed by atoms with Crippen LogP contribution in [0, 0.1) is 0 Å². The van der Waals surface area contributed by atoms with Crippen LogP contribution < -0.4 is 0 Å². The Labute approximate surface area is 100.0 Å². The number of rotatable bonds is 3. The van der Waals surface area contributed by atoms with Crippen molar-refractivity contribution < 1.29 is 17.5 Å². The van der Waals surface area contributed by atoms with Crippen LogP contribution in [-0.2, 0) is 10.1 Å². The summed E-state index contributed by atoms with van der Waals surface area (Å²) < 4.78 is 27.3. The highest BCUT2D eigenvalue weighted by molar-refractivity contribution is 7.85. The van der Waals surface area contributed by atoms with Gasteiger partial charge in [0, 0.05) is 0 Å². The molecule has 1 rings (SSSR count). The summed E-state index contributed by atoms with van der Waals surface area (Å²) in [6.45, 7) is 10.3. The molecule has 0 spiro atoms. The van der Waals surface area contributed by atoms with Gasteiger partial charge in [-0.05, 0) is 32.6 Å². The van der Waals surface area contributed by atoms with E-state index < -0.39 is 10.1 Å². The zero-order valence-electron chi connectivity index (χ0n) is 10.8. The minimum atomic E-state index is -3.67. The van der Waals surface area contributed by atoms with Gasteiger partial charge in [-0.15, -0.1) is 0 Å². The summed E-state index contributed by atoms with van der Waals surface area (Å²) in [6, 6.07) is 0. The maximum absolute atomic E-state index is 9.19. The van der Waals surface area contributed by atoms with Gasteiger partial charge in [0.05, 0.1) is 32.4 Å². The van der Waals surface area contributed by atoms with Crippen LogP contribution in [0.15, 0.2) is 0 Å². The Morgan fingerprint density at radius 2 is 1.56 bits per heavy atom. The van der Waals surface area contributed by atoms with Gasteiger partial charge in [-0.1, -0.05) is 6.92 Å². The number of piperidine rings is 1. The van der Waals surface area contributed by atoms with Crippen LogP contribution in [0.3, 0.4) is 0 Å². The van der Waals surface area contributed by atoms with Gasteiger partial charge in [0.25, 0.3) is 10.1 Å². The molecular weight excluding hydrogens is 226 g/mol. The molecule has 4 nitrogen and oxygen atoms in total. The number of likely N-dealkylation sites (tertiary alicyclic amines) is 1. The van der Waals surface area contributed by atoms with Crippen LogP contribution in [0.25, 0.3) is 0 Å². The minimum Gasteiger partial charge on any atom is -0.324 e. The molecule has 0 unspecified atom stereocenters. The molecule has 1 N–H and O–H groups in total. The molecule has 1 saturated heterocycles. The van der Waals surface area contributed by atoms with Crippen LogP contribution in [0.5, 0.6) is 0 Å². The van der Waals surface area contributed by atoms with Gasteiger partial charge in [-0.25, -0.2) is 0 Å². The summed E-state index contributed by atoms with van der Waals surface area (Å²) in [5.41, 5.74) is 0. The average Bonchev–Trinajstić information content (AvgIpc) is 2.17. The van der Waals surface area contributed by atoms with E-state index in [0.717, 1.165) is 0 Å². The van der Waals surface area contributed by atoms with E-state index in [4.69, 9.17) is 4.55 Å². The third-order valence-corrected chi connectivity index (χ3v) is 3.13. The zero-order chi connectivity index (χ0) is 12.7. The fraction of sp³-hybridized carbons (Fsp3) is 1.00. The number of nitrogens with zero attached hydrogens (tertiary/aromatic N) is 1. The number of quaternary nitrogens is 1. The summed E-state index contributed by atoms with van der Waals surface area (Å²) >= 11 is 0. The van der Waals surface area contributed by atoms with Crippen LogP contribution in [0.1, 0.15) is 39.5 Å². The molecule has 16 heavy (non-hydrogen) atoms. The molecule has 98 valence electrons. The first-order chi connectivity index (χ1) is 7.33. The summed E-state index contributed by atoms with van der Waals surface area (Å²) in [5, 5.41) is 0. The Hall–Kier alpha value is -0.130. The summed E-state index contributed by atoms with van der Waals surface area (Å²) in [5.74, 6) is 0. The van der Waals surface area contributed by atoms with E-state index in [0.29, 0.717) is 6.26 Å². The monoisotopic (exact) mass is 252 g/mol. The molecule has 0 aromatic carbocycles. The van der Waals surface area contributed by atoms with Crippen LogP contribution in [-0.4, -0.2) is 49.9 Å². The maximum Gasteiger partial charge on any atom is 0.261 e. The van der Waals surface area contributed by atoms with Crippen molar-refractivity contribution in [2.75, 3.05) is 32.4 Å².